The number of nitrogens with one attached hydrogen (secondary N) is 1. The van der Waals surface area contributed by atoms with Crippen LogP contribution in [0, 0.1) is 6.92 Å². The number of ether oxygens (including phenoxy) is 1. The number of methoxy groups -OCH3 is 1. The molecule has 3 nitrogen and oxygen atoms in total. The molecule has 0 bridgehead atoms. The fourth-order valence-corrected chi connectivity index (χ4v) is 1.93. The Morgan fingerprint density at radius 3 is 2.24 bits per heavy atom. The maximum absolute atomic E-state index is 12.0. The molecule has 1 unspecified atom stereocenters. The van der Waals surface area contributed by atoms with E-state index in [0.29, 0.717) is 0 Å². The Bertz CT molecular complexity index is 384. The highest BCUT2D eigenvalue weighted by atomic mass is 16.5. The summed E-state index contributed by atoms with van der Waals surface area (Å²) in [5.74, 6) is -0.268. The third kappa shape index (κ3) is 3.07. The second-order valence-corrected chi connectivity index (χ2v) is 4.78. The van der Waals surface area contributed by atoms with Crippen LogP contribution in [-0.2, 0) is 15.1 Å². The largest absolute Gasteiger partial charge is 0.467 e. The van der Waals surface area contributed by atoms with Gasteiger partial charge in [-0.15, -0.1) is 0 Å². The number of hydrogen-bond acceptors (Lipinski definition) is 3. The van der Waals surface area contributed by atoms with Gasteiger partial charge in [0.15, 0.2) is 0 Å². The molecule has 0 saturated heterocycles. The van der Waals surface area contributed by atoms with E-state index in [0.717, 1.165) is 5.56 Å². The Hall–Kier alpha value is -1.35. The molecule has 0 heterocycles. The van der Waals surface area contributed by atoms with Gasteiger partial charge in [-0.05, 0) is 33.3 Å². The van der Waals surface area contributed by atoms with Crippen LogP contribution in [0.15, 0.2) is 24.3 Å². The van der Waals surface area contributed by atoms with Crippen LogP contribution in [0.4, 0.5) is 0 Å². The van der Waals surface area contributed by atoms with E-state index < -0.39 is 5.54 Å². The van der Waals surface area contributed by atoms with E-state index in [9.17, 15) is 4.79 Å². The van der Waals surface area contributed by atoms with Crippen LogP contribution in [0.3, 0.4) is 0 Å². The number of esters is 1. The van der Waals surface area contributed by atoms with Crippen molar-refractivity contribution >= 4 is 5.97 Å². The molecule has 0 radical (unpaired) electrons. The standard InChI is InChI=1S/C14H21NO2/c1-10(2)15-14(4,13(16)17-5)12-8-6-11(3)7-9-12/h6-10,15H,1-5H3. The van der Waals surface area contributed by atoms with Gasteiger partial charge in [-0.3, -0.25) is 5.32 Å². The SMILES string of the molecule is COC(=O)C(C)(NC(C)C)c1ccc(C)cc1. The Morgan fingerprint density at radius 1 is 1.29 bits per heavy atom. The number of hydrogen-bond donors (Lipinski definition) is 1. The van der Waals surface area contributed by atoms with E-state index in [4.69, 9.17) is 4.74 Å². The molecule has 1 rings (SSSR count). The third-order valence-corrected chi connectivity index (χ3v) is 2.80. The van der Waals surface area contributed by atoms with Gasteiger partial charge in [-0.25, -0.2) is 4.79 Å². The lowest BCUT2D eigenvalue weighted by atomic mass is 9.90. The van der Waals surface area contributed by atoms with Crippen LogP contribution in [0.1, 0.15) is 31.9 Å². The van der Waals surface area contributed by atoms with Crippen molar-refractivity contribution in [1.82, 2.24) is 5.32 Å². The first kappa shape index (κ1) is 13.7. The summed E-state index contributed by atoms with van der Waals surface area (Å²) in [7, 11) is 1.41. The van der Waals surface area contributed by atoms with Crippen LogP contribution in [0.5, 0.6) is 0 Å². The molecule has 1 N–H and O–H groups in total. The molecule has 0 amide bonds. The van der Waals surface area contributed by atoms with Gasteiger partial charge in [-0.1, -0.05) is 29.8 Å². The van der Waals surface area contributed by atoms with Crippen molar-refractivity contribution in [2.24, 2.45) is 0 Å². The van der Waals surface area contributed by atoms with E-state index in [1.807, 2.05) is 52.0 Å². The minimum atomic E-state index is -0.795. The quantitative estimate of drug-likeness (QED) is 0.814. The van der Waals surface area contributed by atoms with Gasteiger partial charge in [0.25, 0.3) is 0 Å². The Balaban J connectivity index is 3.13. The van der Waals surface area contributed by atoms with E-state index in [1.54, 1.807) is 0 Å². The van der Waals surface area contributed by atoms with Crippen molar-refractivity contribution in [1.29, 1.82) is 0 Å². The zero-order chi connectivity index (χ0) is 13.1. The molecule has 1 aromatic carbocycles. The molecule has 17 heavy (non-hydrogen) atoms. The smallest absolute Gasteiger partial charge is 0.330 e. The summed E-state index contributed by atoms with van der Waals surface area (Å²) in [6.07, 6.45) is 0. The predicted molar refractivity (Wildman–Crippen MR) is 68.8 cm³/mol. The molecule has 0 aliphatic carbocycles. The molecule has 0 spiro atoms. The second kappa shape index (κ2) is 5.32. The molecule has 0 aromatic heterocycles. The van der Waals surface area contributed by atoms with Gasteiger partial charge >= 0.3 is 5.97 Å². The zero-order valence-electron chi connectivity index (χ0n) is 11.2. The lowest BCUT2D eigenvalue weighted by Gasteiger charge is -2.30. The summed E-state index contributed by atoms with van der Waals surface area (Å²) in [5.41, 5.74) is 1.30. The number of carbonyl (C=O) groups excluding carboxylic acids is 1. The second-order valence-electron chi connectivity index (χ2n) is 4.78. The first-order valence-electron chi connectivity index (χ1n) is 5.83. The van der Waals surface area contributed by atoms with Gasteiger partial charge in [0.1, 0.15) is 5.54 Å². The van der Waals surface area contributed by atoms with E-state index in [-0.39, 0.29) is 12.0 Å². The molecule has 0 fully saturated rings. The Labute approximate surface area is 103 Å². The van der Waals surface area contributed by atoms with Crippen molar-refractivity contribution < 1.29 is 9.53 Å². The fourth-order valence-electron chi connectivity index (χ4n) is 1.93. The fraction of sp³-hybridized carbons (Fsp3) is 0.500. The van der Waals surface area contributed by atoms with E-state index in [2.05, 4.69) is 5.32 Å². The zero-order valence-corrected chi connectivity index (χ0v) is 11.2. The molecule has 1 atom stereocenters. The van der Waals surface area contributed by atoms with Gasteiger partial charge in [0.05, 0.1) is 7.11 Å². The molecule has 0 aliphatic heterocycles. The van der Waals surface area contributed by atoms with Crippen LogP contribution in [0.25, 0.3) is 0 Å². The molecular weight excluding hydrogens is 214 g/mol. The lowest BCUT2D eigenvalue weighted by Crippen LogP contribution is -2.50. The van der Waals surface area contributed by atoms with Crippen molar-refractivity contribution in [3.8, 4) is 0 Å². The average Bonchev–Trinajstić information content (AvgIpc) is 2.27. The van der Waals surface area contributed by atoms with Crippen LogP contribution < -0.4 is 5.32 Å². The number of aryl methyl sites for hydroxylation is 1. The number of carbonyl (C=O) groups is 1. The van der Waals surface area contributed by atoms with E-state index in [1.165, 1.54) is 12.7 Å². The predicted octanol–water partition coefficient (Wildman–Crippen LogP) is 2.38. The molecule has 3 heteroatoms. The summed E-state index contributed by atoms with van der Waals surface area (Å²) in [5, 5.41) is 3.27. The number of benzene rings is 1. The maximum atomic E-state index is 12.0. The molecular formula is C14H21NO2. The molecule has 1 aromatic rings. The summed E-state index contributed by atoms with van der Waals surface area (Å²) in [4.78, 5) is 12.0. The third-order valence-electron chi connectivity index (χ3n) is 2.80. The van der Waals surface area contributed by atoms with Crippen LogP contribution >= 0.6 is 0 Å². The minimum Gasteiger partial charge on any atom is -0.467 e. The van der Waals surface area contributed by atoms with Crippen LogP contribution in [-0.4, -0.2) is 19.1 Å². The van der Waals surface area contributed by atoms with Gasteiger partial charge in [0.2, 0.25) is 0 Å². The monoisotopic (exact) mass is 235 g/mol. The van der Waals surface area contributed by atoms with E-state index >= 15 is 0 Å². The lowest BCUT2D eigenvalue weighted by molar-refractivity contribution is -0.148. The van der Waals surface area contributed by atoms with Crippen molar-refractivity contribution in [2.45, 2.75) is 39.3 Å². The molecule has 0 saturated carbocycles. The number of rotatable bonds is 4. The van der Waals surface area contributed by atoms with Crippen molar-refractivity contribution in [3.63, 3.8) is 0 Å². The first-order chi connectivity index (χ1) is 7.90. The highest BCUT2D eigenvalue weighted by molar-refractivity contribution is 5.82. The highest BCUT2D eigenvalue weighted by Gasteiger charge is 2.36. The molecule has 0 aliphatic rings. The Kier molecular flexibility index (Phi) is 4.29. The van der Waals surface area contributed by atoms with Crippen molar-refractivity contribution in [2.75, 3.05) is 7.11 Å². The molecule has 94 valence electrons. The Morgan fingerprint density at radius 2 is 1.82 bits per heavy atom. The minimum absolute atomic E-state index is 0.195. The van der Waals surface area contributed by atoms with Gasteiger partial charge < -0.3 is 4.74 Å². The average molecular weight is 235 g/mol. The maximum Gasteiger partial charge on any atom is 0.330 e. The normalized spacial score (nSPS) is 14.5. The summed E-state index contributed by atoms with van der Waals surface area (Å²) in [6, 6.07) is 8.11. The topological polar surface area (TPSA) is 38.3 Å². The van der Waals surface area contributed by atoms with Gasteiger partial charge in [-0.2, -0.15) is 0 Å². The van der Waals surface area contributed by atoms with Crippen molar-refractivity contribution in [3.05, 3.63) is 35.4 Å². The van der Waals surface area contributed by atoms with Crippen LogP contribution in [0.2, 0.25) is 0 Å². The summed E-state index contributed by atoms with van der Waals surface area (Å²) < 4.78 is 4.90. The van der Waals surface area contributed by atoms with Gasteiger partial charge in [0, 0.05) is 6.04 Å². The summed E-state index contributed by atoms with van der Waals surface area (Å²) in [6.45, 7) is 7.89. The first-order valence-corrected chi connectivity index (χ1v) is 5.83. The summed E-state index contributed by atoms with van der Waals surface area (Å²) >= 11 is 0. The highest BCUT2D eigenvalue weighted by Crippen LogP contribution is 2.23.